The van der Waals surface area contributed by atoms with Gasteiger partial charge in [0.15, 0.2) is 0 Å². The van der Waals surface area contributed by atoms with Crippen molar-refractivity contribution in [2.24, 2.45) is 0 Å². The van der Waals surface area contributed by atoms with Crippen LogP contribution < -0.4 is 10.1 Å². The van der Waals surface area contributed by atoms with Gasteiger partial charge < -0.3 is 10.1 Å². The highest BCUT2D eigenvalue weighted by molar-refractivity contribution is 5.46. The number of aryl methyl sites for hydroxylation is 1. The van der Waals surface area contributed by atoms with Gasteiger partial charge in [0.2, 0.25) is 5.88 Å². The quantitative estimate of drug-likeness (QED) is 0.873. The third kappa shape index (κ3) is 3.23. The predicted molar refractivity (Wildman–Crippen MR) is 73.9 cm³/mol. The van der Waals surface area contributed by atoms with Crippen molar-refractivity contribution < 1.29 is 4.74 Å². The number of hydrogen-bond acceptors (Lipinski definition) is 3. The van der Waals surface area contributed by atoms with Crippen LogP contribution in [0.1, 0.15) is 18.2 Å². The van der Waals surface area contributed by atoms with Gasteiger partial charge in [-0.15, -0.1) is 0 Å². The minimum absolute atomic E-state index is 0.650. The second-order valence-corrected chi connectivity index (χ2v) is 4.08. The molecule has 0 fully saturated rings. The molecule has 18 heavy (non-hydrogen) atoms. The molecule has 2 aromatic rings. The third-order valence-corrected chi connectivity index (χ3v) is 2.80. The zero-order valence-electron chi connectivity index (χ0n) is 10.8. The van der Waals surface area contributed by atoms with Crippen molar-refractivity contribution in [1.82, 2.24) is 4.98 Å². The van der Waals surface area contributed by atoms with Crippen LogP contribution in [-0.2, 0) is 13.0 Å². The molecule has 0 amide bonds. The maximum atomic E-state index is 5.10. The molecule has 0 spiro atoms. The van der Waals surface area contributed by atoms with Crippen LogP contribution >= 0.6 is 0 Å². The lowest BCUT2D eigenvalue weighted by Crippen LogP contribution is -2.02. The summed E-state index contributed by atoms with van der Waals surface area (Å²) in [4.78, 5) is 4.36. The van der Waals surface area contributed by atoms with Gasteiger partial charge in [-0.05, 0) is 30.2 Å². The van der Waals surface area contributed by atoms with E-state index in [0.29, 0.717) is 12.4 Å². The van der Waals surface area contributed by atoms with Gasteiger partial charge in [-0.25, -0.2) is 4.98 Å². The molecule has 1 aromatic carbocycles. The van der Waals surface area contributed by atoms with Crippen LogP contribution in [0.25, 0.3) is 0 Å². The van der Waals surface area contributed by atoms with Crippen LogP contribution in [0.3, 0.4) is 0 Å². The van der Waals surface area contributed by atoms with Crippen molar-refractivity contribution in [2.75, 3.05) is 12.4 Å². The molecule has 0 unspecified atom stereocenters. The molecule has 0 saturated heterocycles. The first-order valence-corrected chi connectivity index (χ1v) is 6.14. The van der Waals surface area contributed by atoms with Crippen molar-refractivity contribution in [3.05, 3.63) is 53.7 Å². The number of pyridine rings is 1. The molecule has 0 radical (unpaired) electrons. The molecule has 0 atom stereocenters. The Hall–Kier alpha value is -2.03. The summed E-state index contributed by atoms with van der Waals surface area (Å²) in [5.74, 6) is 0.650. The van der Waals surface area contributed by atoms with E-state index in [2.05, 4.69) is 41.5 Å². The maximum absolute atomic E-state index is 5.10. The molecule has 1 aromatic heterocycles. The predicted octanol–water partition coefficient (Wildman–Crippen LogP) is 3.26. The van der Waals surface area contributed by atoms with Crippen LogP contribution in [0.2, 0.25) is 0 Å². The summed E-state index contributed by atoms with van der Waals surface area (Å²) in [7, 11) is 1.63. The summed E-state index contributed by atoms with van der Waals surface area (Å²) < 4.78 is 5.10. The molecule has 2 rings (SSSR count). The fourth-order valence-electron chi connectivity index (χ4n) is 1.76. The monoisotopic (exact) mass is 242 g/mol. The third-order valence-electron chi connectivity index (χ3n) is 2.80. The molecule has 1 heterocycles. The Morgan fingerprint density at radius 3 is 2.78 bits per heavy atom. The number of hydrogen-bond donors (Lipinski definition) is 1. The highest BCUT2D eigenvalue weighted by atomic mass is 16.5. The average Bonchev–Trinajstić information content (AvgIpc) is 2.45. The summed E-state index contributed by atoms with van der Waals surface area (Å²) in [5, 5.41) is 3.37. The minimum Gasteiger partial charge on any atom is -0.481 e. The smallest absolute Gasteiger partial charge is 0.213 e. The van der Waals surface area contributed by atoms with E-state index in [4.69, 9.17) is 4.74 Å². The zero-order valence-corrected chi connectivity index (χ0v) is 10.8. The Balaban J connectivity index is 2.01. The van der Waals surface area contributed by atoms with Gasteiger partial charge >= 0.3 is 0 Å². The lowest BCUT2D eigenvalue weighted by Gasteiger charge is -2.08. The number of anilines is 1. The lowest BCUT2D eigenvalue weighted by molar-refractivity contribution is 0.396. The second-order valence-electron chi connectivity index (χ2n) is 4.08. The van der Waals surface area contributed by atoms with Crippen molar-refractivity contribution in [2.45, 2.75) is 19.9 Å². The van der Waals surface area contributed by atoms with E-state index in [-0.39, 0.29) is 0 Å². The largest absolute Gasteiger partial charge is 0.481 e. The highest BCUT2D eigenvalue weighted by Crippen LogP contribution is 2.13. The van der Waals surface area contributed by atoms with E-state index in [1.807, 2.05) is 18.2 Å². The van der Waals surface area contributed by atoms with Gasteiger partial charge in [0.1, 0.15) is 0 Å². The topological polar surface area (TPSA) is 34.1 Å². The number of nitrogens with zero attached hydrogens (tertiary/aromatic N) is 1. The first-order valence-electron chi connectivity index (χ1n) is 6.14. The van der Waals surface area contributed by atoms with E-state index in [0.717, 1.165) is 17.8 Å². The summed E-state index contributed by atoms with van der Waals surface area (Å²) in [6.45, 7) is 2.85. The Labute approximate surface area is 108 Å². The molecule has 0 aliphatic rings. The summed E-state index contributed by atoms with van der Waals surface area (Å²) in [5.41, 5.74) is 3.42. The first-order chi connectivity index (χ1) is 8.81. The van der Waals surface area contributed by atoms with Gasteiger partial charge in [-0.2, -0.15) is 0 Å². The number of methoxy groups -OCH3 is 1. The lowest BCUT2D eigenvalue weighted by atomic mass is 10.1. The van der Waals surface area contributed by atoms with Gasteiger partial charge in [0, 0.05) is 11.8 Å². The number of benzene rings is 1. The molecule has 94 valence electrons. The minimum atomic E-state index is 0.650. The molecular weight excluding hydrogens is 224 g/mol. The summed E-state index contributed by atoms with van der Waals surface area (Å²) >= 11 is 0. The number of nitrogens with one attached hydrogen (secondary N) is 1. The van der Waals surface area contributed by atoms with Crippen molar-refractivity contribution in [1.29, 1.82) is 0 Å². The van der Waals surface area contributed by atoms with Gasteiger partial charge in [0.25, 0.3) is 0 Å². The molecule has 0 saturated carbocycles. The molecule has 3 nitrogen and oxygen atoms in total. The number of rotatable bonds is 5. The highest BCUT2D eigenvalue weighted by Gasteiger charge is 1.98. The fraction of sp³-hybridized carbons (Fsp3) is 0.267. The molecule has 1 N–H and O–H groups in total. The fourth-order valence-corrected chi connectivity index (χ4v) is 1.76. The molecule has 0 aliphatic heterocycles. The molecule has 0 bridgehead atoms. The van der Waals surface area contributed by atoms with Crippen molar-refractivity contribution in [3.8, 4) is 5.88 Å². The maximum Gasteiger partial charge on any atom is 0.213 e. The van der Waals surface area contributed by atoms with E-state index in [1.165, 1.54) is 5.56 Å². The number of aromatic nitrogens is 1. The van der Waals surface area contributed by atoms with Crippen LogP contribution in [0, 0.1) is 0 Å². The Bertz CT molecular complexity index is 464. The standard InChI is InChI=1S/C15H18N2O/c1-3-12-6-4-7-13(10-12)16-11-14-8-5-9-15(17-14)18-2/h4-10,16H,3,11H2,1-2H3. The summed E-state index contributed by atoms with van der Waals surface area (Å²) in [6, 6.07) is 14.2. The van der Waals surface area contributed by atoms with Gasteiger partial charge in [0.05, 0.1) is 19.3 Å². The van der Waals surface area contributed by atoms with Gasteiger partial charge in [-0.3, -0.25) is 0 Å². The SMILES string of the molecule is CCc1cccc(NCc2cccc(OC)n2)c1. The normalized spacial score (nSPS) is 10.1. The Morgan fingerprint density at radius 1 is 1.17 bits per heavy atom. The van der Waals surface area contributed by atoms with Crippen LogP contribution in [-0.4, -0.2) is 12.1 Å². The average molecular weight is 242 g/mol. The zero-order chi connectivity index (χ0) is 12.8. The van der Waals surface area contributed by atoms with Crippen molar-refractivity contribution in [3.63, 3.8) is 0 Å². The van der Waals surface area contributed by atoms with Crippen LogP contribution in [0.5, 0.6) is 5.88 Å². The van der Waals surface area contributed by atoms with E-state index < -0.39 is 0 Å². The van der Waals surface area contributed by atoms with Crippen LogP contribution in [0.15, 0.2) is 42.5 Å². The molecule has 0 aliphatic carbocycles. The number of ether oxygens (including phenoxy) is 1. The van der Waals surface area contributed by atoms with E-state index >= 15 is 0 Å². The van der Waals surface area contributed by atoms with Crippen LogP contribution in [0.4, 0.5) is 5.69 Å². The summed E-state index contributed by atoms with van der Waals surface area (Å²) in [6.07, 6.45) is 1.05. The molecule has 3 heteroatoms. The van der Waals surface area contributed by atoms with E-state index in [9.17, 15) is 0 Å². The molecular formula is C15H18N2O. The Morgan fingerprint density at radius 2 is 2.00 bits per heavy atom. The Kier molecular flexibility index (Phi) is 4.18. The van der Waals surface area contributed by atoms with E-state index in [1.54, 1.807) is 7.11 Å². The second kappa shape index (κ2) is 6.05. The van der Waals surface area contributed by atoms with Gasteiger partial charge in [-0.1, -0.05) is 25.1 Å². The van der Waals surface area contributed by atoms with Crippen molar-refractivity contribution >= 4 is 5.69 Å². The first kappa shape index (κ1) is 12.4.